The van der Waals surface area contributed by atoms with E-state index >= 15 is 0 Å². The van der Waals surface area contributed by atoms with Gasteiger partial charge in [0, 0.05) is 0 Å². The lowest BCUT2D eigenvalue weighted by molar-refractivity contribution is -0.0151. The number of ether oxygens (including phenoxy) is 6. The summed E-state index contributed by atoms with van der Waals surface area (Å²) in [6, 6.07) is 7.62. The van der Waals surface area contributed by atoms with Crippen LogP contribution in [-0.2, 0) is 18.9 Å². The highest BCUT2D eigenvalue weighted by Gasteiger charge is 2.09. The van der Waals surface area contributed by atoms with Crippen molar-refractivity contribution >= 4 is 0 Å². The summed E-state index contributed by atoms with van der Waals surface area (Å²) in [6.07, 6.45) is -0.0711. The third-order valence-corrected chi connectivity index (χ3v) is 3.13. The van der Waals surface area contributed by atoms with Gasteiger partial charge in [-0.3, -0.25) is 0 Å². The van der Waals surface area contributed by atoms with Crippen LogP contribution in [0, 0.1) is 0 Å². The van der Waals surface area contributed by atoms with Gasteiger partial charge in [0.1, 0.15) is 12.7 Å². The molecule has 6 heteroatoms. The van der Waals surface area contributed by atoms with Gasteiger partial charge in [-0.2, -0.15) is 0 Å². The maximum atomic E-state index is 5.89. The van der Waals surface area contributed by atoms with E-state index in [1.807, 2.05) is 31.2 Å². The minimum atomic E-state index is -0.0711. The van der Waals surface area contributed by atoms with Crippen LogP contribution in [0.15, 0.2) is 24.3 Å². The van der Waals surface area contributed by atoms with Crippen LogP contribution in [0.25, 0.3) is 0 Å². The quantitative estimate of drug-likeness (QED) is 0.726. The summed E-state index contributed by atoms with van der Waals surface area (Å²) < 4.78 is 33.5. The average Bonchev–Trinajstić information content (AvgIpc) is 2.56. The van der Waals surface area contributed by atoms with Gasteiger partial charge in [0.05, 0.1) is 52.9 Å². The van der Waals surface area contributed by atoms with Crippen LogP contribution in [0.4, 0.5) is 0 Å². The molecule has 1 aliphatic heterocycles. The van der Waals surface area contributed by atoms with E-state index in [0.29, 0.717) is 71.0 Å². The van der Waals surface area contributed by atoms with Gasteiger partial charge in [-0.15, -0.1) is 0 Å². The van der Waals surface area contributed by atoms with Crippen molar-refractivity contribution in [2.75, 3.05) is 59.5 Å². The first-order chi connectivity index (χ1) is 11.4. The zero-order valence-corrected chi connectivity index (χ0v) is 13.7. The molecule has 6 nitrogen and oxygen atoms in total. The van der Waals surface area contributed by atoms with Gasteiger partial charge in [-0.25, -0.2) is 0 Å². The Balaban J connectivity index is 1.86. The molecule has 0 aliphatic carbocycles. The Hall–Kier alpha value is -1.34. The number of hydrogen-bond donors (Lipinski definition) is 0. The molecule has 0 amide bonds. The minimum Gasteiger partial charge on any atom is -0.487 e. The molecular formula is C17H26O6. The molecule has 1 atom stereocenters. The van der Waals surface area contributed by atoms with Gasteiger partial charge in [0.2, 0.25) is 0 Å². The molecular weight excluding hydrogens is 300 g/mol. The van der Waals surface area contributed by atoms with Crippen molar-refractivity contribution in [1.29, 1.82) is 0 Å². The van der Waals surface area contributed by atoms with Crippen molar-refractivity contribution in [3.05, 3.63) is 24.3 Å². The van der Waals surface area contributed by atoms with E-state index in [4.69, 9.17) is 28.4 Å². The summed E-state index contributed by atoms with van der Waals surface area (Å²) in [5, 5.41) is 0. The van der Waals surface area contributed by atoms with Crippen molar-refractivity contribution in [2.45, 2.75) is 13.0 Å². The molecule has 0 saturated heterocycles. The number of para-hydroxylation sites is 2. The molecule has 1 aliphatic rings. The first-order valence-corrected chi connectivity index (χ1v) is 8.05. The van der Waals surface area contributed by atoms with Gasteiger partial charge in [-0.05, 0) is 19.1 Å². The second-order valence-electron chi connectivity index (χ2n) is 5.14. The smallest absolute Gasteiger partial charge is 0.161 e. The van der Waals surface area contributed by atoms with E-state index < -0.39 is 0 Å². The van der Waals surface area contributed by atoms with Crippen molar-refractivity contribution in [3.8, 4) is 11.5 Å². The summed E-state index contributed by atoms with van der Waals surface area (Å²) in [5.74, 6) is 1.42. The maximum Gasteiger partial charge on any atom is 0.161 e. The molecule has 130 valence electrons. The number of rotatable bonds is 0. The summed E-state index contributed by atoms with van der Waals surface area (Å²) in [6.45, 7) is 6.74. The van der Waals surface area contributed by atoms with Crippen LogP contribution in [0.1, 0.15) is 6.92 Å². The fourth-order valence-electron chi connectivity index (χ4n) is 2.04. The molecule has 0 bridgehead atoms. The third-order valence-electron chi connectivity index (χ3n) is 3.13. The largest absolute Gasteiger partial charge is 0.487 e. The van der Waals surface area contributed by atoms with Crippen molar-refractivity contribution in [2.24, 2.45) is 0 Å². The molecule has 0 N–H and O–H groups in total. The van der Waals surface area contributed by atoms with Crippen molar-refractivity contribution in [3.63, 3.8) is 0 Å². The summed E-state index contributed by atoms with van der Waals surface area (Å²) >= 11 is 0. The molecule has 0 fully saturated rings. The topological polar surface area (TPSA) is 55.4 Å². The van der Waals surface area contributed by atoms with Gasteiger partial charge in [-0.1, -0.05) is 12.1 Å². The standard InChI is InChI=1S/C17H26O6/c1-15-14-21-11-10-19-7-6-18-8-9-20-12-13-22-16-4-2-3-5-17(16)23-15/h2-5,15H,6-14H2,1H3. The van der Waals surface area contributed by atoms with Crippen LogP contribution >= 0.6 is 0 Å². The maximum absolute atomic E-state index is 5.89. The predicted molar refractivity (Wildman–Crippen MR) is 85.3 cm³/mol. The predicted octanol–water partition coefficient (Wildman–Crippen LogP) is 1.91. The molecule has 0 spiro atoms. The van der Waals surface area contributed by atoms with Gasteiger partial charge in [0.15, 0.2) is 11.5 Å². The van der Waals surface area contributed by atoms with Gasteiger partial charge in [0.25, 0.3) is 0 Å². The molecule has 1 heterocycles. The van der Waals surface area contributed by atoms with E-state index in [-0.39, 0.29) is 6.10 Å². The van der Waals surface area contributed by atoms with Crippen LogP contribution in [-0.4, -0.2) is 65.6 Å². The van der Waals surface area contributed by atoms with Crippen molar-refractivity contribution < 1.29 is 28.4 Å². The Morgan fingerprint density at radius 3 is 1.87 bits per heavy atom. The molecule has 2 rings (SSSR count). The zero-order chi connectivity index (χ0) is 16.2. The van der Waals surface area contributed by atoms with Gasteiger partial charge >= 0.3 is 0 Å². The summed E-state index contributed by atoms with van der Waals surface area (Å²) in [7, 11) is 0. The monoisotopic (exact) mass is 326 g/mol. The highest BCUT2D eigenvalue weighted by molar-refractivity contribution is 5.39. The Bertz CT molecular complexity index is 425. The van der Waals surface area contributed by atoms with Crippen LogP contribution < -0.4 is 9.47 Å². The molecule has 1 aromatic carbocycles. The highest BCUT2D eigenvalue weighted by Crippen LogP contribution is 2.27. The second-order valence-corrected chi connectivity index (χ2v) is 5.14. The molecule has 0 aromatic heterocycles. The zero-order valence-electron chi connectivity index (χ0n) is 13.7. The van der Waals surface area contributed by atoms with Gasteiger partial charge < -0.3 is 28.4 Å². The van der Waals surface area contributed by atoms with Crippen LogP contribution in [0.3, 0.4) is 0 Å². The third kappa shape index (κ3) is 7.65. The lowest BCUT2D eigenvalue weighted by Gasteiger charge is -2.18. The average molecular weight is 326 g/mol. The van der Waals surface area contributed by atoms with E-state index in [1.54, 1.807) is 0 Å². The highest BCUT2D eigenvalue weighted by atomic mass is 16.6. The molecule has 0 saturated carbocycles. The first-order valence-electron chi connectivity index (χ1n) is 8.05. The van der Waals surface area contributed by atoms with E-state index in [1.165, 1.54) is 0 Å². The lowest BCUT2D eigenvalue weighted by atomic mass is 10.3. The number of hydrogen-bond acceptors (Lipinski definition) is 6. The fourth-order valence-corrected chi connectivity index (χ4v) is 2.04. The van der Waals surface area contributed by atoms with Crippen LogP contribution in [0.5, 0.6) is 11.5 Å². The Kier molecular flexibility index (Phi) is 8.80. The van der Waals surface area contributed by atoms with Crippen molar-refractivity contribution in [1.82, 2.24) is 0 Å². The summed E-state index contributed by atoms with van der Waals surface area (Å²) in [4.78, 5) is 0. The molecule has 23 heavy (non-hydrogen) atoms. The molecule has 1 unspecified atom stereocenters. The number of benzene rings is 1. The first kappa shape index (κ1) is 18.0. The molecule has 1 aromatic rings. The normalized spacial score (nSPS) is 22.7. The fraction of sp³-hybridized carbons (Fsp3) is 0.647. The Labute approximate surface area is 137 Å². The number of fused-ring (bicyclic) bond motifs is 1. The molecule has 0 radical (unpaired) electrons. The summed E-state index contributed by atoms with van der Waals surface area (Å²) in [5.41, 5.74) is 0. The Morgan fingerprint density at radius 1 is 0.696 bits per heavy atom. The SMILES string of the molecule is CC1COCCOCCOCCOCCOc2ccccc2O1. The van der Waals surface area contributed by atoms with E-state index in [2.05, 4.69) is 0 Å². The second kappa shape index (κ2) is 11.2. The van der Waals surface area contributed by atoms with E-state index in [9.17, 15) is 0 Å². The van der Waals surface area contributed by atoms with Crippen LogP contribution in [0.2, 0.25) is 0 Å². The lowest BCUT2D eigenvalue weighted by Crippen LogP contribution is -2.21. The minimum absolute atomic E-state index is 0.0711. The Morgan fingerprint density at radius 2 is 1.22 bits per heavy atom. The van der Waals surface area contributed by atoms with E-state index in [0.717, 1.165) is 0 Å².